The van der Waals surface area contributed by atoms with Gasteiger partial charge in [0, 0.05) is 12.1 Å². The fourth-order valence-corrected chi connectivity index (χ4v) is 2.86. The Balaban J connectivity index is 2.34. The third kappa shape index (κ3) is 3.44. The molecule has 3 aromatic rings. The minimum absolute atomic E-state index is 0.130. The molecule has 7 nitrogen and oxygen atoms in total. The van der Waals surface area contributed by atoms with Gasteiger partial charge in [-0.05, 0) is 31.5 Å². The lowest BCUT2D eigenvalue weighted by molar-refractivity contribution is 0.345. The Hall–Kier alpha value is -3.48. The predicted octanol–water partition coefficient (Wildman–Crippen LogP) is 2.81. The SMILES string of the molecule is COc1ccc(C(c2oc(C)cc(=O)c2O)c2oc(C)cc(=O)c2O)cc1. The number of methoxy groups -OCH3 is 1. The zero-order valence-electron chi connectivity index (χ0n) is 15.0. The van der Waals surface area contributed by atoms with Gasteiger partial charge in [0.25, 0.3) is 0 Å². The van der Waals surface area contributed by atoms with Gasteiger partial charge in [-0.2, -0.15) is 0 Å². The number of benzene rings is 1. The average molecular weight is 370 g/mol. The maximum atomic E-state index is 12.1. The van der Waals surface area contributed by atoms with Crippen molar-refractivity contribution in [3.8, 4) is 17.2 Å². The van der Waals surface area contributed by atoms with Crippen molar-refractivity contribution in [2.45, 2.75) is 19.8 Å². The molecule has 0 fully saturated rings. The molecule has 2 N–H and O–H groups in total. The molecule has 7 heteroatoms. The van der Waals surface area contributed by atoms with Gasteiger partial charge in [-0.15, -0.1) is 0 Å². The fraction of sp³-hybridized carbons (Fsp3) is 0.200. The van der Waals surface area contributed by atoms with Crippen LogP contribution in [-0.4, -0.2) is 17.3 Å². The van der Waals surface area contributed by atoms with Crippen molar-refractivity contribution < 1.29 is 23.8 Å². The van der Waals surface area contributed by atoms with Crippen molar-refractivity contribution in [3.05, 3.63) is 85.4 Å². The van der Waals surface area contributed by atoms with Gasteiger partial charge in [0.2, 0.25) is 22.4 Å². The van der Waals surface area contributed by atoms with Crippen LogP contribution in [0.2, 0.25) is 0 Å². The zero-order valence-corrected chi connectivity index (χ0v) is 15.0. The number of rotatable bonds is 4. The van der Waals surface area contributed by atoms with Gasteiger partial charge >= 0.3 is 0 Å². The molecule has 0 aliphatic carbocycles. The Bertz CT molecular complexity index is 1030. The zero-order chi connectivity index (χ0) is 19.7. The minimum Gasteiger partial charge on any atom is -0.502 e. The predicted molar refractivity (Wildman–Crippen MR) is 96.7 cm³/mol. The van der Waals surface area contributed by atoms with E-state index in [9.17, 15) is 19.8 Å². The smallest absolute Gasteiger partial charge is 0.227 e. The van der Waals surface area contributed by atoms with Crippen LogP contribution in [0, 0.1) is 13.8 Å². The Labute approximate surface area is 154 Å². The second-order valence-electron chi connectivity index (χ2n) is 6.07. The van der Waals surface area contributed by atoms with Crippen LogP contribution in [0.15, 0.2) is 54.8 Å². The van der Waals surface area contributed by atoms with Crippen molar-refractivity contribution in [2.24, 2.45) is 0 Å². The van der Waals surface area contributed by atoms with E-state index >= 15 is 0 Å². The van der Waals surface area contributed by atoms with Gasteiger partial charge in [-0.1, -0.05) is 12.1 Å². The minimum atomic E-state index is -1.02. The molecule has 0 atom stereocenters. The number of aryl methyl sites for hydroxylation is 2. The summed E-state index contributed by atoms with van der Waals surface area (Å²) in [6, 6.07) is 8.95. The summed E-state index contributed by atoms with van der Waals surface area (Å²) in [6.45, 7) is 3.11. The fourth-order valence-electron chi connectivity index (χ4n) is 2.86. The lowest BCUT2D eigenvalue weighted by Gasteiger charge is -2.18. The van der Waals surface area contributed by atoms with E-state index < -0.39 is 28.3 Å². The summed E-state index contributed by atoms with van der Waals surface area (Å²) in [5.41, 5.74) is -0.757. The molecule has 1 aromatic carbocycles. The highest BCUT2D eigenvalue weighted by Crippen LogP contribution is 2.39. The first-order valence-electron chi connectivity index (χ1n) is 8.13. The monoisotopic (exact) mass is 370 g/mol. The third-order valence-electron chi connectivity index (χ3n) is 4.12. The van der Waals surface area contributed by atoms with E-state index in [1.54, 1.807) is 38.1 Å². The van der Waals surface area contributed by atoms with Crippen molar-refractivity contribution in [3.63, 3.8) is 0 Å². The average Bonchev–Trinajstić information content (AvgIpc) is 2.63. The lowest BCUT2D eigenvalue weighted by Crippen LogP contribution is -2.13. The first-order chi connectivity index (χ1) is 12.8. The van der Waals surface area contributed by atoms with Crippen LogP contribution >= 0.6 is 0 Å². The summed E-state index contributed by atoms with van der Waals surface area (Å²) in [7, 11) is 1.52. The van der Waals surface area contributed by atoms with Crippen LogP contribution in [-0.2, 0) is 0 Å². The van der Waals surface area contributed by atoms with Gasteiger partial charge in [-0.3, -0.25) is 9.59 Å². The molecule has 0 radical (unpaired) electrons. The van der Waals surface area contributed by atoms with E-state index in [4.69, 9.17) is 13.6 Å². The van der Waals surface area contributed by atoms with Gasteiger partial charge in [-0.25, -0.2) is 0 Å². The van der Waals surface area contributed by atoms with Gasteiger partial charge in [0.05, 0.1) is 7.11 Å². The molecule has 0 unspecified atom stereocenters. The first kappa shape index (κ1) is 18.3. The van der Waals surface area contributed by atoms with E-state index in [0.717, 1.165) is 12.1 Å². The van der Waals surface area contributed by atoms with Gasteiger partial charge < -0.3 is 23.8 Å². The van der Waals surface area contributed by atoms with Crippen LogP contribution in [0.3, 0.4) is 0 Å². The second-order valence-corrected chi connectivity index (χ2v) is 6.07. The number of aromatic hydroxyl groups is 2. The van der Waals surface area contributed by atoms with Crippen molar-refractivity contribution in [1.29, 1.82) is 0 Å². The molecule has 3 rings (SSSR count). The quantitative estimate of drug-likeness (QED) is 0.726. The first-order valence-corrected chi connectivity index (χ1v) is 8.13. The Kier molecular flexibility index (Phi) is 4.77. The van der Waals surface area contributed by atoms with Crippen LogP contribution in [0.4, 0.5) is 0 Å². The highest BCUT2D eigenvalue weighted by atomic mass is 16.5. The van der Waals surface area contributed by atoms with Gasteiger partial charge in [0.15, 0.2) is 11.5 Å². The molecule has 140 valence electrons. The van der Waals surface area contributed by atoms with E-state index in [1.165, 1.54) is 7.11 Å². The molecular weight excluding hydrogens is 352 g/mol. The molecule has 27 heavy (non-hydrogen) atoms. The maximum absolute atomic E-state index is 12.1. The summed E-state index contributed by atoms with van der Waals surface area (Å²) in [5.74, 6) is -1.40. The van der Waals surface area contributed by atoms with E-state index in [2.05, 4.69) is 0 Å². The summed E-state index contributed by atoms with van der Waals surface area (Å²) < 4.78 is 16.3. The second kappa shape index (κ2) is 7.03. The van der Waals surface area contributed by atoms with Crippen LogP contribution in [0.25, 0.3) is 0 Å². The Morgan fingerprint density at radius 3 is 1.70 bits per heavy atom. The highest BCUT2D eigenvalue weighted by Gasteiger charge is 2.30. The van der Waals surface area contributed by atoms with Crippen molar-refractivity contribution >= 4 is 0 Å². The lowest BCUT2D eigenvalue weighted by atomic mass is 9.91. The van der Waals surface area contributed by atoms with E-state index in [0.29, 0.717) is 11.3 Å². The van der Waals surface area contributed by atoms with Gasteiger partial charge in [0.1, 0.15) is 23.2 Å². The molecular formula is C20H18O7. The van der Waals surface area contributed by atoms with E-state index in [1.807, 2.05) is 0 Å². The van der Waals surface area contributed by atoms with Crippen LogP contribution < -0.4 is 15.6 Å². The Morgan fingerprint density at radius 2 is 1.30 bits per heavy atom. The van der Waals surface area contributed by atoms with Crippen molar-refractivity contribution in [2.75, 3.05) is 7.11 Å². The number of hydrogen-bond acceptors (Lipinski definition) is 7. The molecule has 0 amide bonds. The molecule has 0 bridgehead atoms. The topological polar surface area (TPSA) is 110 Å². The third-order valence-corrected chi connectivity index (χ3v) is 4.12. The normalized spacial score (nSPS) is 11.0. The standard InChI is InChI=1S/C20H18O7/c1-10-8-14(21)17(23)19(26-10)16(12-4-6-13(25-3)7-5-12)20-18(24)15(22)9-11(2)27-20/h4-9,16,23-24H,1-3H3. The molecule has 0 saturated carbocycles. The molecule has 2 heterocycles. The summed E-state index contributed by atoms with van der Waals surface area (Å²) >= 11 is 0. The summed E-state index contributed by atoms with van der Waals surface area (Å²) in [4.78, 5) is 24.1. The van der Waals surface area contributed by atoms with Crippen molar-refractivity contribution in [1.82, 2.24) is 0 Å². The molecule has 0 aliphatic rings. The summed E-state index contributed by atoms with van der Waals surface area (Å²) in [6.07, 6.45) is 0. The molecule has 0 aliphatic heterocycles. The Morgan fingerprint density at radius 1 is 0.852 bits per heavy atom. The van der Waals surface area contributed by atoms with E-state index in [-0.39, 0.29) is 23.0 Å². The van der Waals surface area contributed by atoms with Crippen LogP contribution in [0.5, 0.6) is 17.2 Å². The summed E-state index contributed by atoms with van der Waals surface area (Å²) in [5, 5.41) is 20.6. The molecule has 0 spiro atoms. The number of hydrogen-bond donors (Lipinski definition) is 2. The highest BCUT2D eigenvalue weighted by molar-refractivity contribution is 5.46. The largest absolute Gasteiger partial charge is 0.502 e. The molecule has 0 saturated heterocycles. The molecule has 2 aromatic heterocycles. The maximum Gasteiger partial charge on any atom is 0.227 e. The van der Waals surface area contributed by atoms with Crippen LogP contribution in [0.1, 0.15) is 34.5 Å². The number of ether oxygens (including phenoxy) is 1.